The largest absolute Gasteiger partial charge is 0.756 e. The molecule has 1 aromatic heterocycles. The molecule has 1 fully saturated rings. The predicted octanol–water partition coefficient (Wildman–Crippen LogP) is -1.30. The lowest BCUT2D eigenvalue weighted by Gasteiger charge is -2.52. The summed E-state index contributed by atoms with van der Waals surface area (Å²) >= 11 is 1.04. The molecule has 13 heteroatoms. The van der Waals surface area contributed by atoms with Crippen LogP contribution < -0.4 is 11.1 Å². The predicted molar refractivity (Wildman–Crippen MR) is 84.8 cm³/mol. The molecule has 2 heterocycles. The minimum absolute atomic E-state index is 0.0375. The molecule has 0 saturated carbocycles. The Labute approximate surface area is 141 Å². The Morgan fingerprint density at radius 2 is 2.33 bits per heavy atom. The summed E-state index contributed by atoms with van der Waals surface area (Å²) in [7, 11) is -4.15. The Morgan fingerprint density at radius 1 is 1.71 bits per heavy atom. The first kappa shape index (κ1) is 18.1. The van der Waals surface area contributed by atoms with E-state index in [1.165, 1.54) is 19.2 Å². The first-order chi connectivity index (χ1) is 11.0. The number of carbonyl (C=O) groups is 2. The van der Waals surface area contributed by atoms with E-state index in [2.05, 4.69) is 25.6 Å². The second kappa shape index (κ2) is 6.01. The number of aromatic nitrogens is 1. The molecule has 132 valence electrons. The second-order valence-corrected chi connectivity index (χ2v) is 7.50. The van der Waals surface area contributed by atoms with E-state index in [1.807, 2.05) is 0 Å². The van der Waals surface area contributed by atoms with Gasteiger partial charge in [-0.25, -0.2) is 4.98 Å². The smallest absolute Gasteiger partial charge is 0.276 e. The van der Waals surface area contributed by atoms with Crippen LogP contribution in [0, 0.1) is 0 Å². The van der Waals surface area contributed by atoms with Crippen molar-refractivity contribution in [3.05, 3.63) is 11.1 Å². The number of nitrogens with one attached hydrogen (secondary N) is 1. The van der Waals surface area contributed by atoms with Gasteiger partial charge in [0.15, 0.2) is 10.8 Å². The monoisotopic (exact) mass is 376 g/mol. The number of rotatable bonds is 5. The van der Waals surface area contributed by atoms with E-state index in [0.29, 0.717) is 5.06 Å². The van der Waals surface area contributed by atoms with E-state index in [-0.39, 0.29) is 10.8 Å². The van der Waals surface area contributed by atoms with E-state index in [1.54, 1.807) is 0 Å². The quantitative estimate of drug-likeness (QED) is 0.187. The highest BCUT2D eigenvalue weighted by molar-refractivity contribution is 7.90. The molecular weight excluding hydrogens is 362 g/mol. The number of hydrogen-bond acceptors (Lipinski definition) is 10. The zero-order chi connectivity index (χ0) is 18.3. The zero-order valence-electron chi connectivity index (χ0n) is 12.6. The van der Waals surface area contributed by atoms with Crippen LogP contribution in [0.3, 0.4) is 0 Å². The van der Waals surface area contributed by atoms with Gasteiger partial charge in [-0.2, -0.15) is 9.35 Å². The van der Waals surface area contributed by atoms with Crippen LogP contribution >= 0.6 is 11.3 Å². The van der Waals surface area contributed by atoms with Crippen LogP contribution in [-0.2, 0) is 24.0 Å². The lowest BCUT2D eigenvalue weighted by molar-refractivity contribution is -0.216. The summed E-state index contributed by atoms with van der Waals surface area (Å²) in [5.74, 6) is 1.08. The molecule has 11 nitrogen and oxygen atoms in total. The van der Waals surface area contributed by atoms with Crippen LogP contribution in [0.15, 0.2) is 10.5 Å². The number of thiazole rings is 1. The van der Waals surface area contributed by atoms with Gasteiger partial charge >= 0.3 is 0 Å². The highest BCUT2D eigenvalue weighted by atomic mass is 32.2. The SMILES string of the molecule is C=S(=O)([O-])ON1C(=O)C(NC(=O)/C(=N\O)c2csc(N)n2)C1(C)C. The van der Waals surface area contributed by atoms with Crippen molar-refractivity contribution >= 4 is 49.9 Å². The molecule has 24 heavy (non-hydrogen) atoms. The molecule has 0 aromatic carbocycles. The van der Waals surface area contributed by atoms with Crippen molar-refractivity contribution in [2.24, 2.45) is 5.16 Å². The van der Waals surface area contributed by atoms with Crippen LogP contribution in [0.1, 0.15) is 19.5 Å². The number of carbonyl (C=O) groups excluding carboxylic acids is 2. The fourth-order valence-corrected chi connectivity index (χ4v) is 3.09. The van der Waals surface area contributed by atoms with Gasteiger partial charge in [0.1, 0.15) is 11.7 Å². The van der Waals surface area contributed by atoms with Gasteiger partial charge < -0.3 is 20.8 Å². The van der Waals surface area contributed by atoms with Crippen molar-refractivity contribution in [2.75, 3.05) is 5.73 Å². The Bertz CT molecular complexity index is 815. The maximum Gasteiger partial charge on any atom is 0.276 e. The number of nitrogens with zero attached hydrogens (tertiary/aromatic N) is 3. The summed E-state index contributed by atoms with van der Waals surface area (Å²) in [6.07, 6.45) is 0. The van der Waals surface area contributed by atoms with Gasteiger partial charge in [0.25, 0.3) is 11.8 Å². The molecule has 1 aliphatic heterocycles. The van der Waals surface area contributed by atoms with Gasteiger partial charge in [-0.05, 0) is 19.7 Å². The van der Waals surface area contributed by atoms with E-state index >= 15 is 0 Å². The van der Waals surface area contributed by atoms with E-state index in [0.717, 1.165) is 11.3 Å². The van der Waals surface area contributed by atoms with Crippen LogP contribution in [0.25, 0.3) is 0 Å². The van der Waals surface area contributed by atoms with Crippen molar-refractivity contribution in [1.29, 1.82) is 0 Å². The molecule has 2 amide bonds. The molecule has 1 saturated heterocycles. The summed E-state index contributed by atoms with van der Waals surface area (Å²) in [6.45, 7) is 2.95. The molecule has 0 spiro atoms. The Hall–Kier alpha value is -2.22. The summed E-state index contributed by atoms with van der Waals surface area (Å²) in [5.41, 5.74) is 3.89. The third-order valence-electron chi connectivity index (χ3n) is 3.22. The average molecular weight is 376 g/mol. The van der Waals surface area contributed by atoms with Crippen molar-refractivity contribution in [3.63, 3.8) is 0 Å². The van der Waals surface area contributed by atoms with Gasteiger partial charge in [0.05, 0.1) is 5.54 Å². The van der Waals surface area contributed by atoms with Gasteiger partial charge in [-0.1, -0.05) is 5.16 Å². The van der Waals surface area contributed by atoms with Gasteiger partial charge in [0, 0.05) is 15.5 Å². The Kier molecular flexibility index (Phi) is 4.54. The Morgan fingerprint density at radius 3 is 2.75 bits per heavy atom. The number of amides is 2. The van der Waals surface area contributed by atoms with Gasteiger partial charge in [0.2, 0.25) is 0 Å². The number of nitrogen functional groups attached to an aromatic ring is 1. The van der Waals surface area contributed by atoms with E-state index in [4.69, 9.17) is 10.9 Å². The lowest BCUT2D eigenvalue weighted by Crippen LogP contribution is -2.76. The van der Waals surface area contributed by atoms with Crippen LogP contribution in [0.2, 0.25) is 0 Å². The van der Waals surface area contributed by atoms with Gasteiger partial charge in [-0.3, -0.25) is 13.8 Å². The first-order valence-electron chi connectivity index (χ1n) is 6.33. The van der Waals surface area contributed by atoms with Crippen LogP contribution in [-0.4, -0.2) is 59.0 Å². The lowest BCUT2D eigenvalue weighted by atomic mass is 9.84. The molecule has 0 radical (unpaired) electrons. The van der Waals surface area contributed by atoms with Crippen LogP contribution in [0.5, 0.6) is 0 Å². The minimum Gasteiger partial charge on any atom is -0.756 e. The molecule has 0 bridgehead atoms. The molecule has 2 rings (SSSR count). The van der Waals surface area contributed by atoms with E-state index < -0.39 is 39.2 Å². The summed E-state index contributed by atoms with van der Waals surface area (Å²) in [4.78, 5) is 28.0. The highest BCUT2D eigenvalue weighted by Gasteiger charge is 2.57. The Balaban J connectivity index is 2.14. The number of hydrogen-bond donors (Lipinski definition) is 3. The number of hydroxylamine groups is 2. The highest BCUT2D eigenvalue weighted by Crippen LogP contribution is 2.32. The molecular formula is C11H14N5O6S2-. The maximum atomic E-state index is 12.2. The fraction of sp³-hybridized carbons (Fsp3) is 0.364. The maximum absolute atomic E-state index is 12.2. The first-order valence-corrected chi connectivity index (χ1v) is 8.79. The summed E-state index contributed by atoms with van der Waals surface area (Å²) < 4.78 is 26.6. The minimum atomic E-state index is -4.15. The summed E-state index contributed by atoms with van der Waals surface area (Å²) in [6, 6.07) is -1.10. The second-order valence-electron chi connectivity index (χ2n) is 5.34. The molecule has 2 unspecified atom stereocenters. The number of β-lactam (4-membered cyclic amide) rings is 1. The van der Waals surface area contributed by atoms with Crippen molar-refractivity contribution < 1.29 is 27.8 Å². The van der Waals surface area contributed by atoms with Crippen molar-refractivity contribution in [1.82, 2.24) is 15.4 Å². The third kappa shape index (κ3) is 3.33. The van der Waals surface area contributed by atoms with Gasteiger partial charge in [-0.15, -0.1) is 11.3 Å². The van der Waals surface area contributed by atoms with Crippen molar-refractivity contribution in [2.45, 2.75) is 25.4 Å². The topological polar surface area (TPSA) is 170 Å². The average Bonchev–Trinajstić information content (AvgIpc) is 2.88. The van der Waals surface area contributed by atoms with Crippen molar-refractivity contribution in [3.8, 4) is 0 Å². The zero-order valence-corrected chi connectivity index (χ0v) is 14.2. The number of anilines is 1. The molecule has 1 aromatic rings. The van der Waals surface area contributed by atoms with E-state index in [9.17, 15) is 18.4 Å². The molecule has 4 N–H and O–H groups in total. The number of oxime groups is 1. The number of nitrogens with two attached hydrogens (primary N) is 1. The molecule has 1 aliphatic rings. The fourth-order valence-electron chi connectivity index (χ4n) is 2.05. The molecule has 2 atom stereocenters. The standard InChI is InChI=1S/C11H15N5O6S2/c1-11(2)7(9(18)16(11)22-24(3,20)21)14-8(17)6(15-19)5-4-23-10(12)13-5/h4,7,19H,3H2,1-2H3,(H2,12,13)(H,14,17)(H,20,21)/p-1/b15-6-. The third-order valence-corrected chi connectivity index (χ3v) is 4.27. The summed E-state index contributed by atoms with van der Waals surface area (Å²) in [5, 5.41) is 16.4. The van der Waals surface area contributed by atoms with Crippen LogP contribution in [0.4, 0.5) is 5.13 Å². The normalized spacial score (nSPS) is 22.6. The molecule has 0 aliphatic carbocycles.